The molecule has 2 aliphatic rings. The molecule has 25 heavy (non-hydrogen) atoms. The average molecular weight is 344 g/mol. The predicted molar refractivity (Wildman–Crippen MR) is 98.8 cm³/mol. The normalized spacial score (nSPS) is 19.2. The van der Waals surface area contributed by atoms with Crippen LogP contribution in [0.3, 0.4) is 0 Å². The van der Waals surface area contributed by atoms with Crippen LogP contribution in [0.2, 0.25) is 0 Å². The van der Waals surface area contributed by atoms with E-state index in [9.17, 15) is 9.59 Å². The Kier molecular flexibility index (Phi) is 5.58. The van der Waals surface area contributed by atoms with Crippen LogP contribution in [0.15, 0.2) is 18.2 Å². The maximum Gasteiger partial charge on any atom is 0.236 e. The first-order valence-electron chi connectivity index (χ1n) is 9.09. The lowest BCUT2D eigenvalue weighted by Gasteiger charge is -2.38. The highest BCUT2D eigenvalue weighted by molar-refractivity contribution is 5.78. The van der Waals surface area contributed by atoms with Crippen molar-refractivity contribution in [3.8, 4) is 0 Å². The van der Waals surface area contributed by atoms with Crippen LogP contribution in [-0.4, -0.2) is 85.9 Å². The average Bonchev–Trinajstić information content (AvgIpc) is 2.65. The number of anilines is 1. The number of benzene rings is 1. The Bertz CT molecular complexity index is 618. The molecule has 2 fully saturated rings. The van der Waals surface area contributed by atoms with Crippen LogP contribution < -0.4 is 4.90 Å². The smallest absolute Gasteiger partial charge is 0.236 e. The van der Waals surface area contributed by atoms with Gasteiger partial charge in [0.05, 0.1) is 6.54 Å². The van der Waals surface area contributed by atoms with Crippen LogP contribution in [0.4, 0.5) is 5.69 Å². The number of hydrogen-bond donors (Lipinski definition) is 0. The minimum Gasteiger partial charge on any atom is -0.369 e. The Hall–Kier alpha value is -2.08. The molecule has 6 nitrogen and oxygen atoms in total. The van der Waals surface area contributed by atoms with E-state index in [1.807, 2.05) is 4.90 Å². The van der Waals surface area contributed by atoms with E-state index in [-0.39, 0.29) is 5.91 Å². The molecule has 6 heteroatoms. The molecule has 136 valence electrons. The van der Waals surface area contributed by atoms with Crippen molar-refractivity contribution in [1.82, 2.24) is 14.7 Å². The third kappa shape index (κ3) is 4.12. The second-order valence-electron chi connectivity index (χ2n) is 7.00. The Morgan fingerprint density at radius 3 is 2.32 bits per heavy atom. The SMILES string of the molecule is Cc1cccc(N2CCN(CC(=O)N3CCN(C=O)CC3)CC2)c1C. The van der Waals surface area contributed by atoms with Crippen LogP contribution >= 0.6 is 0 Å². The highest BCUT2D eigenvalue weighted by atomic mass is 16.2. The van der Waals surface area contributed by atoms with Crippen molar-refractivity contribution in [1.29, 1.82) is 0 Å². The second-order valence-corrected chi connectivity index (χ2v) is 7.00. The van der Waals surface area contributed by atoms with Gasteiger partial charge in [-0.3, -0.25) is 14.5 Å². The first-order valence-corrected chi connectivity index (χ1v) is 9.09. The summed E-state index contributed by atoms with van der Waals surface area (Å²) in [6.45, 7) is 11.2. The van der Waals surface area contributed by atoms with Crippen molar-refractivity contribution in [2.24, 2.45) is 0 Å². The van der Waals surface area contributed by atoms with E-state index in [1.165, 1.54) is 16.8 Å². The fraction of sp³-hybridized carbons (Fsp3) is 0.579. The molecule has 0 bridgehead atoms. The van der Waals surface area contributed by atoms with Gasteiger partial charge < -0.3 is 14.7 Å². The van der Waals surface area contributed by atoms with Gasteiger partial charge >= 0.3 is 0 Å². The Labute approximate surface area is 150 Å². The molecule has 3 rings (SSSR count). The molecule has 0 atom stereocenters. The summed E-state index contributed by atoms with van der Waals surface area (Å²) in [6.07, 6.45) is 0.869. The van der Waals surface area contributed by atoms with Gasteiger partial charge in [-0.1, -0.05) is 12.1 Å². The molecule has 0 aliphatic carbocycles. The van der Waals surface area contributed by atoms with E-state index in [1.54, 1.807) is 4.90 Å². The highest BCUT2D eigenvalue weighted by Crippen LogP contribution is 2.23. The van der Waals surface area contributed by atoms with Gasteiger partial charge in [0.2, 0.25) is 12.3 Å². The van der Waals surface area contributed by atoms with Gasteiger partial charge in [-0.05, 0) is 31.0 Å². The van der Waals surface area contributed by atoms with Crippen LogP contribution in [0.5, 0.6) is 0 Å². The number of nitrogens with zero attached hydrogens (tertiary/aromatic N) is 4. The number of piperazine rings is 2. The van der Waals surface area contributed by atoms with Crippen LogP contribution in [0.1, 0.15) is 11.1 Å². The van der Waals surface area contributed by atoms with E-state index in [4.69, 9.17) is 0 Å². The minimum atomic E-state index is 0.186. The number of hydrogen-bond acceptors (Lipinski definition) is 4. The minimum absolute atomic E-state index is 0.186. The number of aryl methyl sites for hydroxylation is 1. The molecule has 2 heterocycles. The van der Waals surface area contributed by atoms with Crippen molar-refractivity contribution in [3.63, 3.8) is 0 Å². The number of rotatable bonds is 4. The molecule has 1 aromatic carbocycles. The lowest BCUT2D eigenvalue weighted by molar-refractivity contribution is -0.136. The zero-order valence-electron chi connectivity index (χ0n) is 15.3. The van der Waals surface area contributed by atoms with Gasteiger partial charge in [0.25, 0.3) is 0 Å². The largest absolute Gasteiger partial charge is 0.369 e. The Morgan fingerprint density at radius 2 is 1.68 bits per heavy atom. The maximum atomic E-state index is 12.5. The molecular weight excluding hydrogens is 316 g/mol. The van der Waals surface area contributed by atoms with Crippen molar-refractivity contribution >= 4 is 18.0 Å². The van der Waals surface area contributed by atoms with Crippen LogP contribution in [0.25, 0.3) is 0 Å². The number of carbonyl (C=O) groups excluding carboxylic acids is 2. The summed E-state index contributed by atoms with van der Waals surface area (Å²) in [4.78, 5) is 31.5. The lowest BCUT2D eigenvalue weighted by atomic mass is 10.1. The van der Waals surface area contributed by atoms with Crippen LogP contribution in [-0.2, 0) is 9.59 Å². The van der Waals surface area contributed by atoms with E-state index in [0.717, 1.165) is 32.6 Å². The zero-order valence-corrected chi connectivity index (χ0v) is 15.3. The van der Waals surface area contributed by atoms with Crippen molar-refractivity contribution < 1.29 is 9.59 Å². The molecule has 2 aliphatic heterocycles. The predicted octanol–water partition coefficient (Wildman–Crippen LogP) is 0.726. The standard InChI is InChI=1S/C19H28N4O2/c1-16-4-3-5-18(17(16)2)22-10-6-20(7-11-22)14-19(25)23-12-8-21(15-24)9-13-23/h3-5,15H,6-14H2,1-2H3. The molecule has 0 radical (unpaired) electrons. The van der Waals surface area contributed by atoms with Gasteiger partial charge in [0.15, 0.2) is 0 Å². The fourth-order valence-corrected chi connectivity index (χ4v) is 3.59. The summed E-state index contributed by atoms with van der Waals surface area (Å²) in [5, 5.41) is 0. The monoisotopic (exact) mass is 344 g/mol. The van der Waals surface area contributed by atoms with Gasteiger partial charge in [0, 0.05) is 58.0 Å². The quantitative estimate of drug-likeness (QED) is 0.756. The zero-order chi connectivity index (χ0) is 17.8. The summed E-state index contributed by atoms with van der Waals surface area (Å²) in [6, 6.07) is 6.46. The van der Waals surface area contributed by atoms with E-state index in [2.05, 4.69) is 41.8 Å². The van der Waals surface area contributed by atoms with Gasteiger partial charge in [-0.15, -0.1) is 0 Å². The summed E-state index contributed by atoms with van der Waals surface area (Å²) in [5.74, 6) is 0.186. The molecule has 0 aromatic heterocycles. The van der Waals surface area contributed by atoms with Crippen molar-refractivity contribution in [3.05, 3.63) is 29.3 Å². The summed E-state index contributed by atoms with van der Waals surface area (Å²) < 4.78 is 0. The highest BCUT2D eigenvalue weighted by Gasteiger charge is 2.24. The second kappa shape index (κ2) is 7.87. The molecule has 2 saturated heterocycles. The summed E-state index contributed by atoms with van der Waals surface area (Å²) >= 11 is 0. The third-order valence-corrected chi connectivity index (χ3v) is 5.46. The molecule has 0 spiro atoms. The molecule has 0 saturated carbocycles. The lowest BCUT2D eigenvalue weighted by Crippen LogP contribution is -2.53. The fourth-order valence-electron chi connectivity index (χ4n) is 3.59. The summed E-state index contributed by atoms with van der Waals surface area (Å²) in [7, 11) is 0. The van der Waals surface area contributed by atoms with Gasteiger partial charge in [0.1, 0.15) is 0 Å². The van der Waals surface area contributed by atoms with Crippen molar-refractivity contribution in [2.45, 2.75) is 13.8 Å². The van der Waals surface area contributed by atoms with Crippen LogP contribution in [0, 0.1) is 13.8 Å². The number of amides is 2. The maximum absolute atomic E-state index is 12.5. The molecule has 0 N–H and O–H groups in total. The number of carbonyl (C=O) groups is 2. The van der Waals surface area contributed by atoms with E-state index < -0.39 is 0 Å². The third-order valence-electron chi connectivity index (χ3n) is 5.46. The first kappa shape index (κ1) is 17.7. The molecule has 1 aromatic rings. The molecule has 0 unspecified atom stereocenters. The summed E-state index contributed by atoms with van der Waals surface area (Å²) in [5.41, 5.74) is 3.99. The van der Waals surface area contributed by atoms with Crippen molar-refractivity contribution in [2.75, 3.05) is 63.8 Å². The van der Waals surface area contributed by atoms with Gasteiger partial charge in [-0.2, -0.15) is 0 Å². The first-order chi connectivity index (χ1) is 12.1. The molecular formula is C19H28N4O2. The topological polar surface area (TPSA) is 47.1 Å². The molecule has 2 amide bonds. The van der Waals surface area contributed by atoms with E-state index >= 15 is 0 Å². The van der Waals surface area contributed by atoms with Gasteiger partial charge in [-0.25, -0.2) is 0 Å². The van der Waals surface area contributed by atoms with E-state index in [0.29, 0.717) is 32.7 Å². The Morgan fingerprint density at radius 1 is 1.00 bits per heavy atom. The Balaban J connectivity index is 1.48.